The molecule has 2 N–H and O–H groups in total. The van der Waals surface area contributed by atoms with Gasteiger partial charge in [0.1, 0.15) is 43.2 Å². The Kier molecular flexibility index (Phi) is 23.9. The number of carbonyl (C=O) groups excluding carboxylic acids is 7. The zero-order valence-corrected chi connectivity index (χ0v) is 27.8. The van der Waals surface area contributed by atoms with Crippen molar-refractivity contribution in [3.8, 4) is 0 Å². The first-order valence-electron chi connectivity index (χ1n) is 15.3. The summed E-state index contributed by atoms with van der Waals surface area (Å²) in [5.41, 5.74) is -1.72. The number of aliphatic hydroxyl groups excluding tert-OH is 2. The molecule has 0 aromatic rings. The molecule has 0 fully saturated rings. The minimum Gasteiger partial charge on any atom is -0.469 e. The highest BCUT2D eigenvalue weighted by atomic mass is 16.6. The molecule has 48 heavy (non-hydrogen) atoms. The molecule has 3 atom stereocenters. The summed E-state index contributed by atoms with van der Waals surface area (Å²) in [7, 11) is 1.17. The molecule has 17 heteroatoms. The van der Waals surface area contributed by atoms with E-state index in [4.69, 9.17) is 28.4 Å². The maximum atomic E-state index is 12.6. The average Bonchev–Trinajstić information content (AvgIpc) is 3.05. The van der Waals surface area contributed by atoms with Gasteiger partial charge in [-0.1, -0.05) is 6.58 Å². The van der Waals surface area contributed by atoms with E-state index >= 15 is 0 Å². The topological polar surface area (TPSA) is 234 Å². The van der Waals surface area contributed by atoms with Crippen LogP contribution in [0.2, 0.25) is 0 Å². The molecule has 3 unspecified atom stereocenters. The lowest BCUT2D eigenvalue weighted by atomic mass is 9.75. The minimum atomic E-state index is -1.72. The fourth-order valence-corrected chi connectivity index (χ4v) is 3.78. The standard InChI is InChI=1S/C31H48O17/c1-5-25(35)46-16-11-29(39)48-21-24(34)20-43-19-23(33)18-42-14-7-15-45-28(38)10-17-47-27(37)9-13-31(22(3)32,30(40)44-6-2)12-8-26(36)41-4/h5,23-24,33-34H,1,6-21H2,2-4H3. The second-order valence-corrected chi connectivity index (χ2v) is 10.2. The number of ketones is 1. The van der Waals surface area contributed by atoms with Crippen LogP contribution < -0.4 is 0 Å². The van der Waals surface area contributed by atoms with E-state index in [-0.39, 0.29) is 98.0 Å². The number of esters is 6. The van der Waals surface area contributed by atoms with Crippen molar-refractivity contribution in [1.82, 2.24) is 0 Å². The molecule has 0 aliphatic heterocycles. The third-order valence-electron chi connectivity index (χ3n) is 6.43. The van der Waals surface area contributed by atoms with Gasteiger partial charge in [-0.05, 0) is 26.7 Å². The number of hydrogen-bond acceptors (Lipinski definition) is 17. The van der Waals surface area contributed by atoms with Crippen molar-refractivity contribution in [3.05, 3.63) is 12.7 Å². The smallest absolute Gasteiger partial charge is 0.330 e. The van der Waals surface area contributed by atoms with Gasteiger partial charge in [-0.15, -0.1) is 0 Å². The number of Topliss-reactive ketones (excluding diaryl/α,β-unsaturated/α-hetero) is 1. The molecule has 0 saturated carbocycles. The lowest BCUT2D eigenvalue weighted by Crippen LogP contribution is -2.40. The van der Waals surface area contributed by atoms with Gasteiger partial charge in [-0.3, -0.25) is 28.8 Å². The Morgan fingerprint density at radius 2 is 1.19 bits per heavy atom. The molecule has 0 aromatic carbocycles. The van der Waals surface area contributed by atoms with E-state index in [1.54, 1.807) is 6.92 Å². The van der Waals surface area contributed by atoms with Crippen molar-refractivity contribution in [3.63, 3.8) is 0 Å². The van der Waals surface area contributed by atoms with Crippen LogP contribution >= 0.6 is 0 Å². The van der Waals surface area contributed by atoms with Gasteiger partial charge in [0.05, 0.1) is 53.0 Å². The van der Waals surface area contributed by atoms with Crippen LogP contribution in [0.5, 0.6) is 0 Å². The third-order valence-corrected chi connectivity index (χ3v) is 6.43. The SMILES string of the molecule is C=CC(=O)OCCC(=O)OCC(O)COCC(O)COCCCOC(=O)CCOC(=O)CCC(CCC(=O)OC)(C(C)=O)C(=O)OCC. The molecule has 0 saturated heterocycles. The third kappa shape index (κ3) is 20.3. The number of methoxy groups -OCH3 is 1. The first kappa shape index (κ1) is 44.1. The van der Waals surface area contributed by atoms with Crippen molar-refractivity contribution in [2.24, 2.45) is 5.41 Å². The number of hydrogen-bond donors (Lipinski definition) is 2. The first-order valence-corrected chi connectivity index (χ1v) is 15.3. The van der Waals surface area contributed by atoms with Crippen LogP contribution in [0, 0.1) is 5.41 Å². The first-order chi connectivity index (χ1) is 22.8. The Morgan fingerprint density at radius 1 is 0.667 bits per heavy atom. The van der Waals surface area contributed by atoms with Gasteiger partial charge in [-0.2, -0.15) is 0 Å². The van der Waals surface area contributed by atoms with E-state index in [0.29, 0.717) is 6.42 Å². The second kappa shape index (κ2) is 26.1. The molecule has 0 aliphatic rings. The van der Waals surface area contributed by atoms with Crippen LogP contribution in [-0.4, -0.2) is 131 Å². The van der Waals surface area contributed by atoms with E-state index in [1.807, 2.05) is 0 Å². The quantitative estimate of drug-likeness (QED) is 0.0365. The summed E-state index contributed by atoms with van der Waals surface area (Å²) in [5, 5.41) is 19.7. The van der Waals surface area contributed by atoms with Crippen molar-refractivity contribution >= 4 is 41.6 Å². The molecule has 0 aromatic heterocycles. The zero-order valence-electron chi connectivity index (χ0n) is 27.8. The van der Waals surface area contributed by atoms with Crippen LogP contribution in [0.3, 0.4) is 0 Å². The van der Waals surface area contributed by atoms with Crippen molar-refractivity contribution in [2.75, 3.05) is 66.6 Å². The van der Waals surface area contributed by atoms with Crippen LogP contribution in [0.15, 0.2) is 12.7 Å². The zero-order chi connectivity index (χ0) is 36.4. The molecule has 0 rings (SSSR count). The van der Waals surface area contributed by atoms with Gasteiger partial charge in [0.25, 0.3) is 0 Å². The largest absolute Gasteiger partial charge is 0.469 e. The summed E-state index contributed by atoms with van der Waals surface area (Å²) in [6.45, 7) is 4.80. The molecule has 0 heterocycles. The summed E-state index contributed by atoms with van der Waals surface area (Å²) in [5.74, 6) is -4.79. The van der Waals surface area contributed by atoms with Crippen LogP contribution in [0.4, 0.5) is 0 Å². The predicted molar refractivity (Wildman–Crippen MR) is 162 cm³/mol. The molecular weight excluding hydrogens is 644 g/mol. The van der Waals surface area contributed by atoms with Gasteiger partial charge in [-0.25, -0.2) is 4.79 Å². The van der Waals surface area contributed by atoms with Crippen molar-refractivity contribution < 1.29 is 81.7 Å². The van der Waals surface area contributed by atoms with Gasteiger partial charge in [0.15, 0.2) is 0 Å². The van der Waals surface area contributed by atoms with E-state index in [1.165, 1.54) is 14.0 Å². The maximum Gasteiger partial charge on any atom is 0.330 e. The molecule has 0 radical (unpaired) electrons. The Bertz CT molecular complexity index is 1040. The Morgan fingerprint density at radius 3 is 1.77 bits per heavy atom. The molecule has 0 aliphatic carbocycles. The highest BCUT2D eigenvalue weighted by Gasteiger charge is 2.45. The monoisotopic (exact) mass is 692 g/mol. The summed E-state index contributed by atoms with van der Waals surface area (Å²) in [6.07, 6.45) is -2.33. The van der Waals surface area contributed by atoms with E-state index in [2.05, 4.69) is 16.1 Å². The number of aliphatic hydroxyl groups is 2. The van der Waals surface area contributed by atoms with E-state index in [9.17, 15) is 43.8 Å². The average molecular weight is 693 g/mol. The molecule has 0 spiro atoms. The lowest BCUT2D eigenvalue weighted by molar-refractivity contribution is -0.162. The van der Waals surface area contributed by atoms with E-state index < -0.39 is 59.2 Å². The van der Waals surface area contributed by atoms with Crippen LogP contribution in [0.25, 0.3) is 0 Å². The fraction of sp³-hybridized carbons (Fsp3) is 0.710. The Balaban J connectivity index is 4.12. The van der Waals surface area contributed by atoms with Crippen LogP contribution in [0.1, 0.15) is 58.8 Å². The van der Waals surface area contributed by atoms with E-state index in [0.717, 1.165) is 6.08 Å². The normalized spacial score (nSPS) is 13.2. The number of rotatable bonds is 28. The van der Waals surface area contributed by atoms with Crippen molar-refractivity contribution in [1.29, 1.82) is 0 Å². The number of ether oxygens (including phenoxy) is 8. The highest BCUT2D eigenvalue weighted by Crippen LogP contribution is 2.33. The predicted octanol–water partition coefficient (Wildman–Crippen LogP) is 0.142. The maximum absolute atomic E-state index is 12.6. The van der Waals surface area contributed by atoms with Crippen LogP contribution in [-0.2, 0) is 71.5 Å². The molecule has 0 bridgehead atoms. The minimum absolute atomic E-state index is 0.00157. The fourth-order valence-electron chi connectivity index (χ4n) is 3.78. The lowest BCUT2D eigenvalue weighted by Gasteiger charge is -2.28. The summed E-state index contributed by atoms with van der Waals surface area (Å²) >= 11 is 0. The highest BCUT2D eigenvalue weighted by molar-refractivity contribution is 6.03. The van der Waals surface area contributed by atoms with Gasteiger partial charge in [0.2, 0.25) is 0 Å². The Hall–Kier alpha value is -3.93. The summed E-state index contributed by atoms with van der Waals surface area (Å²) < 4.78 is 39.6. The van der Waals surface area contributed by atoms with Crippen molar-refractivity contribution in [2.45, 2.75) is 71.0 Å². The molecule has 274 valence electrons. The summed E-state index contributed by atoms with van der Waals surface area (Å²) in [6, 6.07) is 0. The summed E-state index contributed by atoms with van der Waals surface area (Å²) in [4.78, 5) is 83.2. The molecular formula is C31H48O17. The second-order valence-electron chi connectivity index (χ2n) is 10.2. The Labute approximate surface area is 279 Å². The van der Waals surface area contributed by atoms with Gasteiger partial charge < -0.3 is 48.1 Å². The van der Waals surface area contributed by atoms with Gasteiger partial charge >= 0.3 is 35.8 Å². The molecule has 0 amide bonds. The number of carbonyl (C=O) groups is 7. The van der Waals surface area contributed by atoms with Gasteiger partial charge in [0, 0.05) is 31.9 Å². The molecule has 17 nitrogen and oxygen atoms in total.